The number of hydrogen-bond donors (Lipinski definition) is 4. The van der Waals surface area contributed by atoms with Gasteiger partial charge in [0.15, 0.2) is 11.6 Å². The minimum atomic E-state index is -5.16. The second kappa shape index (κ2) is 17.0. The fourth-order valence-electron chi connectivity index (χ4n) is 5.68. The van der Waals surface area contributed by atoms with Crippen molar-refractivity contribution in [1.29, 1.82) is 0 Å². The predicted molar refractivity (Wildman–Crippen MR) is 179 cm³/mol. The molecule has 0 bridgehead atoms. The summed E-state index contributed by atoms with van der Waals surface area (Å²) in [6.07, 6.45) is -0.984. The second-order valence-corrected chi connectivity index (χ2v) is 12.0. The largest absolute Gasteiger partial charge is 0.573 e. The lowest BCUT2D eigenvalue weighted by atomic mass is 10.00. The first-order valence-corrected chi connectivity index (χ1v) is 16.1. The fourth-order valence-corrected chi connectivity index (χ4v) is 5.68. The molecule has 0 saturated carbocycles. The summed E-state index contributed by atoms with van der Waals surface area (Å²) in [4.78, 5) is 23.9. The van der Waals surface area contributed by atoms with Crippen LogP contribution in [0.15, 0.2) is 46.3 Å². The number of methoxy groups -OCH3 is 1. The van der Waals surface area contributed by atoms with Crippen LogP contribution in [-0.4, -0.2) is 59.6 Å². The molecule has 0 radical (unpaired) electrons. The summed E-state index contributed by atoms with van der Waals surface area (Å²) in [6.45, 7) is 4.76. The number of nitrogens with zero attached hydrogens (tertiary/aromatic N) is 3. The van der Waals surface area contributed by atoms with Crippen molar-refractivity contribution in [1.82, 2.24) is 19.9 Å². The molecule has 0 aliphatic heterocycles. The zero-order valence-electron chi connectivity index (χ0n) is 28.0. The number of fused-ring (bicyclic) bond motifs is 1. The minimum Gasteiger partial charge on any atom is -0.403 e. The summed E-state index contributed by atoms with van der Waals surface area (Å²) in [6, 6.07) is 4.83. The van der Waals surface area contributed by atoms with Crippen LogP contribution in [0.3, 0.4) is 0 Å². The SMILES string of the molecule is CCCC(NCCCN=C(C)N)c1c(F)cc(-n2cc3cc(-c4cc(CCCC(N)COC)cc(OC(F)(F)F)c4F)[nH]c3nc2=O)cc1F. The minimum absolute atomic E-state index is 0.000568. The van der Waals surface area contributed by atoms with Crippen LogP contribution < -0.4 is 27.2 Å². The Labute approximate surface area is 284 Å². The van der Waals surface area contributed by atoms with Crippen molar-refractivity contribution in [2.75, 3.05) is 26.8 Å². The van der Waals surface area contributed by atoms with Crippen molar-refractivity contribution in [3.8, 4) is 22.7 Å². The van der Waals surface area contributed by atoms with E-state index in [-0.39, 0.29) is 46.0 Å². The Morgan fingerprint density at radius 1 is 1.10 bits per heavy atom. The molecule has 2 unspecified atom stereocenters. The van der Waals surface area contributed by atoms with Gasteiger partial charge in [-0.15, -0.1) is 13.2 Å². The second-order valence-electron chi connectivity index (χ2n) is 12.0. The highest BCUT2D eigenvalue weighted by Gasteiger charge is 2.33. The molecule has 2 heterocycles. The molecule has 2 aromatic heterocycles. The Morgan fingerprint density at radius 3 is 2.46 bits per heavy atom. The number of ether oxygens (including phenoxy) is 2. The quantitative estimate of drug-likeness (QED) is 0.0443. The number of nitrogens with one attached hydrogen (secondary N) is 2. The number of nitrogens with two attached hydrogens (primary N) is 2. The van der Waals surface area contributed by atoms with E-state index in [9.17, 15) is 18.0 Å². The van der Waals surface area contributed by atoms with Crippen molar-refractivity contribution in [2.24, 2.45) is 16.5 Å². The molecule has 0 aliphatic rings. The van der Waals surface area contributed by atoms with Crippen LogP contribution in [0.4, 0.5) is 26.3 Å². The van der Waals surface area contributed by atoms with Gasteiger partial charge >= 0.3 is 12.1 Å². The average molecular weight is 710 g/mol. The standard InChI is InChI=1S/C34H41F6N7O3/c1-4-7-27(44-11-6-10-43-19(2)41)30-25(35)15-23(16-26(30)36)47-17-21-14-28(45-32(21)46-33(47)48)24-12-20(8-5-9-22(42)18-49-3)13-29(31(24)37)50-34(38,39)40/h12-17,22,27,44H,4-11,18,42H2,1-3H3,(H2,41,43)(H,45,46,48). The number of rotatable bonds is 17. The molecule has 0 spiro atoms. The zero-order valence-corrected chi connectivity index (χ0v) is 28.0. The van der Waals surface area contributed by atoms with Crippen molar-refractivity contribution in [3.63, 3.8) is 0 Å². The van der Waals surface area contributed by atoms with Gasteiger partial charge in [0.1, 0.15) is 17.3 Å². The number of alkyl halides is 3. The normalized spacial score (nSPS) is 13.6. The molecule has 0 fully saturated rings. The average Bonchev–Trinajstić information content (AvgIpc) is 3.43. The molecule has 16 heteroatoms. The maximum Gasteiger partial charge on any atom is 0.573 e. The third kappa shape index (κ3) is 10.1. The van der Waals surface area contributed by atoms with Gasteiger partial charge in [0.25, 0.3) is 0 Å². The highest BCUT2D eigenvalue weighted by Crippen LogP contribution is 2.35. The first-order valence-electron chi connectivity index (χ1n) is 16.1. The van der Waals surface area contributed by atoms with Gasteiger partial charge in [-0.2, -0.15) is 4.98 Å². The van der Waals surface area contributed by atoms with Gasteiger partial charge in [-0.05, 0) is 81.5 Å². The smallest absolute Gasteiger partial charge is 0.403 e. The van der Waals surface area contributed by atoms with Crippen molar-refractivity contribution >= 4 is 16.9 Å². The lowest BCUT2D eigenvalue weighted by Gasteiger charge is -2.20. The summed E-state index contributed by atoms with van der Waals surface area (Å²) in [5.74, 6) is -3.62. The van der Waals surface area contributed by atoms with Crippen LogP contribution in [0, 0.1) is 17.5 Å². The summed E-state index contributed by atoms with van der Waals surface area (Å²) in [5.41, 5.74) is 10.3. The Kier molecular flexibility index (Phi) is 13.1. The van der Waals surface area contributed by atoms with Crippen molar-refractivity contribution < 1.29 is 35.8 Å². The van der Waals surface area contributed by atoms with Crippen molar-refractivity contribution in [3.05, 3.63) is 75.6 Å². The highest BCUT2D eigenvalue weighted by molar-refractivity contribution is 5.83. The Bertz CT molecular complexity index is 1830. The molecule has 10 nitrogen and oxygen atoms in total. The first kappa shape index (κ1) is 38.4. The number of aromatic amines is 1. The molecule has 0 aliphatic carbocycles. The Balaban J connectivity index is 1.67. The molecule has 6 N–H and O–H groups in total. The molecule has 272 valence electrons. The van der Waals surface area contributed by atoms with Gasteiger partial charge in [0.05, 0.1) is 23.8 Å². The van der Waals surface area contributed by atoms with E-state index < -0.39 is 41.3 Å². The number of halogens is 6. The molecule has 50 heavy (non-hydrogen) atoms. The van der Waals surface area contributed by atoms with E-state index >= 15 is 13.2 Å². The van der Waals surface area contributed by atoms with Gasteiger partial charge in [-0.3, -0.25) is 9.56 Å². The maximum atomic E-state index is 15.5. The summed E-state index contributed by atoms with van der Waals surface area (Å²) in [5, 5.41) is 3.39. The summed E-state index contributed by atoms with van der Waals surface area (Å²) < 4.78 is 96.0. The van der Waals surface area contributed by atoms with Crippen LogP contribution in [0.1, 0.15) is 63.1 Å². The van der Waals surface area contributed by atoms with Crippen LogP contribution in [0.2, 0.25) is 0 Å². The molecule has 4 rings (SSSR count). The lowest BCUT2D eigenvalue weighted by Crippen LogP contribution is -2.26. The van der Waals surface area contributed by atoms with Gasteiger partial charge in [-0.1, -0.05) is 13.3 Å². The molecule has 2 aromatic carbocycles. The van der Waals surface area contributed by atoms with Gasteiger partial charge in [0, 0.05) is 48.4 Å². The molecule has 2 atom stereocenters. The maximum absolute atomic E-state index is 15.5. The zero-order chi connectivity index (χ0) is 36.6. The first-order chi connectivity index (χ1) is 23.7. The number of amidine groups is 1. The molecular weight excluding hydrogens is 668 g/mol. The number of aromatic nitrogens is 3. The molecular formula is C34H41F6N7O3. The number of H-pyrrole nitrogens is 1. The Hall–Kier alpha value is -4.41. The highest BCUT2D eigenvalue weighted by atomic mass is 19.4. The number of hydrogen-bond acceptors (Lipinski definition) is 7. The number of aliphatic imine (C=N–C) groups is 1. The third-order valence-corrected chi connectivity index (χ3v) is 7.90. The monoisotopic (exact) mass is 709 g/mol. The molecule has 0 amide bonds. The fraction of sp³-hybridized carbons (Fsp3) is 0.441. The van der Waals surface area contributed by atoms with E-state index in [0.717, 1.165) is 22.8 Å². The van der Waals surface area contributed by atoms with E-state index in [0.29, 0.717) is 63.2 Å². The van der Waals surface area contributed by atoms with E-state index in [4.69, 9.17) is 16.2 Å². The van der Waals surface area contributed by atoms with Crippen LogP contribution >= 0.6 is 0 Å². The van der Waals surface area contributed by atoms with E-state index in [1.54, 1.807) is 6.92 Å². The number of aryl methyl sites for hydroxylation is 1. The van der Waals surface area contributed by atoms with Gasteiger partial charge < -0.3 is 31.2 Å². The van der Waals surface area contributed by atoms with E-state index in [1.807, 2.05) is 6.92 Å². The topological polar surface area (TPSA) is 146 Å². The van der Waals surface area contributed by atoms with Gasteiger partial charge in [-0.25, -0.2) is 18.0 Å². The third-order valence-electron chi connectivity index (χ3n) is 7.90. The molecule has 4 aromatic rings. The molecule has 0 saturated heterocycles. The summed E-state index contributed by atoms with van der Waals surface area (Å²) in [7, 11) is 1.50. The van der Waals surface area contributed by atoms with Gasteiger partial charge in [0.2, 0.25) is 0 Å². The lowest BCUT2D eigenvalue weighted by molar-refractivity contribution is -0.275. The van der Waals surface area contributed by atoms with E-state index in [1.165, 1.54) is 25.4 Å². The Morgan fingerprint density at radius 2 is 1.82 bits per heavy atom. The van der Waals surface area contributed by atoms with E-state index in [2.05, 4.69) is 25.0 Å². The number of benzene rings is 2. The van der Waals surface area contributed by atoms with Crippen LogP contribution in [0.25, 0.3) is 28.0 Å². The van der Waals surface area contributed by atoms with Crippen molar-refractivity contribution in [2.45, 2.75) is 70.8 Å². The predicted octanol–water partition coefficient (Wildman–Crippen LogP) is 6.19. The van der Waals surface area contributed by atoms with Crippen LogP contribution in [-0.2, 0) is 11.2 Å². The summed E-state index contributed by atoms with van der Waals surface area (Å²) >= 11 is 0. The van der Waals surface area contributed by atoms with Crippen LogP contribution in [0.5, 0.6) is 5.75 Å².